The predicted octanol–water partition coefficient (Wildman–Crippen LogP) is 1.17. The zero-order valence-corrected chi connectivity index (χ0v) is 16.5. The van der Waals surface area contributed by atoms with Crippen LogP contribution in [0.25, 0.3) is 0 Å². The topological polar surface area (TPSA) is 101 Å². The van der Waals surface area contributed by atoms with Gasteiger partial charge in [0.05, 0.1) is 17.1 Å². The summed E-state index contributed by atoms with van der Waals surface area (Å²) in [6.45, 7) is 4.90. The number of nitrogens with one attached hydrogen (secondary N) is 1. The number of hydrogen-bond donors (Lipinski definition) is 1. The van der Waals surface area contributed by atoms with E-state index in [2.05, 4.69) is 15.3 Å². The minimum Gasteiger partial charge on any atom is -0.281 e. The number of aryl methyl sites for hydroxylation is 4. The Kier molecular flexibility index (Phi) is 4.67. The van der Waals surface area contributed by atoms with Crippen molar-refractivity contribution in [3.8, 4) is 0 Å². The molecule has 0 bridgehead atoms. The van der Waals surface area contributed by atoms with Gasteiger partial charge >= 0.3 is 0 Å². The van der Waals surface area contributed by atoms with Gasteiger partial charge in [0.15, 0.2) is 0 Å². The lowest BCUT2D eigenvalue weighted by Gasteiger charge is -2.31. The quantitative estimate of drug-likeness (QED) is 0.843. The molecule has 2 aromatic rings. The lowest BCUT2D eigenvalue weighted by atomic mass is 9.98. The summed E-state index contributed by atoms with van der Waals surface area (Å²) in [5.41, 5.74) is 3.16. The first-order valence-electron chi connectivity index (χ1n) is 9.48. The number of fused-ring (bicyclic) bond motifs is 1. The van der Waals surface area contributed by atoms with Crippen molar-refractivity contribution in [2.45, 2.75) is 57.4 Å². The van der Waals surface area contributed by atoms with Gasteiger partial charge in [0, 0.05) is 25.7 Å². The maximum absolute atomic E-state index is 12.9. The minimum absolute atomic E-state index is 0.0460. The Morgan fingerprint density at radius 3 is 2.63 bits per heavy atom. The van der Waals surface area contributed by atoms with Crippen molar-refractivity contribution >= 4 is 10.0 Å². The highest BCUT2D eigenvalue weighted by atomic mass is 32.2. The zero-order chi connectivity index (χ0) is 19.2. The molecule has 146 valence electrons. The third kappa shape index (κ3) is 3.34. The molecule has 4 rings (SSSR count). The molecular formula is C18H25N5O3S. The second-order valence-electron chi connectivity index (χ2n) is 7.60. The van der Waals surface area contributed by atoms with Crippen LogP contribution in [0.4, 0.5) is 0 Å². The van der Waals surface area contributed by atoms with Gasteiger partial charge in [-0.05, 0) is 57.4 Å². The second-order valence-corrected chi connectivity index (χ2v) is 9.48. The van der Waals surface area contributed by atoms with Gasteiger partial charge < -0.3 is 0 Å². The van der Waals surface area contributed by atoms with Crippen molar-refractivity contribution in [3.05, 3.63) is 39.1 Å². The predicted molar refractivity (Wildman–Crippen MR) is 100 cm³/mol. The largest absolute Gasteiger partial charge is 0.281 e. The van der Waals surface area contributed by atoms with Gasteiger partial charge in [0.1, 0.15) is 4.90 Å². The summed E-state index contributed by atoms with van der Waals surface area (Å²) in [6, 6.07) is 1.72. The van der Waals surface area contributed by atoms with Gasteiger partial charge in [-0.25, -0.2) is 13.1 Å². The number of aromatic nitrogens is 4. The highest BCUT2D eigenvalue weighted by molar-refractivity contribution is 7.89. The van der Waals surface area contributed by atoms with Gasteiger partial charge in [0.25, 0.3) is 5.56 Å². The van der Waals surface area contributed by atoms with Crippen molar-refractivity contribution in [1.29, 1.82) is 0 Å². The lowest BCUT2D eigenvalue weighted by Crippen LogP contribution is -2.40. The number of hydrogen-bond acceptors (Lipinski definition) is 5. The fourth-order valence-electron chi connectivity index (χ4n) is 4.20. The molecule has 0 radical (unpaired) electrons. The first-order valence-corrected chi connectivity index (χ1v) is 10.9. The molecule has 2 aromatic heterocycles. The van der Waals surface area contributed by atoms with Crippen LogP contribution >= 0.6 is 0 Å². The van der Waals surface area contributed by atoms with E-state index in [1.165, 1.54) is 4.31 Å². The first-order chi connectivity index (χ1) is 12.9. The molecule has 9 heteroatoms. The SMILES string of the molecule is Cc1n[nH]c(C)c1S(=O)(=O)N1CCC(Cn2nc3c(cc2=O)CCC3)CC1. The molecule has 1 aliphatic heterocycles. The molecule has 2 aliphatic rings. The zero-order valence-electron chi connectivity index (χ0n) is 15.7. The van der Waals surface area contributed by atoms with E-state index in [0.29, 0.717) is 31.0 Å². The van der Waals surface area contributed by atoms with Gasteiger partial charge in [-0.1, -0.05) is 0 Å². The van der Waals surface area contributed by atoms with Crippen LogP contribution in [0.15, 0.2) is 15.8 Å². The second kappa shape index (κ2) is 6.87. The van der Waals surface area contributed by atoms with Gasteiger partial charge in [0.2, 0.25) is 10.0 Å². The summed E-state index contributed by atoms with van der Waals surface area (Å²) < 4.78 is 29.0. The molecular weight excluding hydrogens is 366 g/mol. The number of piperidine rings is 1. The minimum atomic E-state index is -3.54. The molecule has 1 N–H and O–H groups in total. The average molecular weight is 391 g/mol. The molecule has 0 aromatic carbocycles. The maximum atomic E-state index is 12.9. The van der Waals surface area contributed by atoms with Crippen LogP contribution in [-0.4, -0.2) is 45.8 Å². The number of rotatable bonds is 4. The van der Waals surface area contributed by atoms with Crippen LogP contribution in [0.1, 0.15) is 41.9 Å². The molecule has 3 heterocycles. The molecule has 0 spiro atoms. The van der Waals surface area contributed by atoms with Crippen LogP contribution in [0, 0.1) is 19.8 Å². The average Bonchev–Trinajstić information content (AvgIpc) is 3.21. The Labute approximate surface area is 158 Å². The van der Waals surface area contributed by atoms with Crippen molar-refractivity contribution in [2.75, 3.05) is 13.1 Å². The van der Waals surface area contributed by atoms with Crippen molar-refractivity contribution < 1.29 is 8.42 Å². The third-order valence-corrected chi connectivity index (χ3v) is 7.85. The molecule has 0 saturated carbocycles. The van der Waals surface area contributed by atoms with Crippen LogP contribution < -0.4 is 5.56 Å². The maximum Gasteiger partial charge on any atom is 0.267 e. The Balaban J connectivity index is 1.45. The number of H-pyrrole nitrogens is 1. The molecule has 0 amide bonds. The summed E-state index contributed by atoms with van der Waals surface area (Å²) in [6.07, 6.45) is 4.40. The normalized spacial score (nSPS) is 18.7. The molecule has 1 fully saturated rings. The smallest absolute Gasteiger partial charge is 0.267 e. The molecule has 0 unspecified atom stereocenters. The summed E-state index contributed by atoms with van der Waals surface area (Å²) in [4.78, 5) is 12.6. The summed E-state index contributed by atoms with van der Waals surface area (Å²) in [5, 5.41) is 11.3. The van der Waals surface area contributed by atoms with E-state index in [9.17, 15) is 13.2 Å². The highest BCUT2D eigenvalue weighted by Crippen LogP contribution is 2.27. The summed E-state index contributed by atoms with van der Waals surface area (Å²) in [5.74, 6) is 0.257. The van der Waals surface area contributed by atoms with E-state index in [4.69, 9.17) is 0 Å². The third-order valence-electron chi connectivity index (χ3n) is 5.69. The molecule has 8 nitrogen and oxygen atoms in total. The van der Waals surface area contributed by atoms with Crippen LogP contribution in [0.2, 0.25) is 0 Å². The molecule has 1 aliphatic carbocycles. The van der Waals surface area contributed by atoms with Gasteiger partial charge in [-0.15, -0.1) is 0 Å². The number of nitrogens with zero attached hydrogens (tertiary/aromatic N) is 4. The summed E-state index contributed by atoms with van der Waals surface area (Å²) >= 11 is 0. The monoisotopic (exact) mass is 391 g/mol. The van der Waals surface area contributed by atoms with Crippen LogP contribution in [0.5, 0.6) is 0 Å². The fourth-order valence-corrected chi connectivity index (χ4v) is 6.00. The standard InChI is InChI=1S/C18H25N5O3S/c1-12-18(13(2)20-19-12)27(25,26)22-8-6-14(7-9-22)11-23-17(24)10-15-4-3-5-16(15)21-23/h10,14H,3-9,11H2,1-2H3,(H,19,20). The van der Waals surface area contributed by atoms with Gasteiger partial charge in [-0.3, -0.25) is 9.89 Å². The fraction of sp³-hybridized carbons (Fsp3) is 0.611. The van der Waals surface area contributed by atoms with Crippen molar-refractivity contribution in [1.82, 2.24) is 24.3 Å². The van der Waals surface area contributed by atoms with E-state index < -0.39 is 10.0 Å². The Morgan fingerprint density at radius 2 is 1.96 bits per heavy atom. The Bertz CT molecular complexity index is 997. The van der Waals surface area contributed by atoms with Gasteiger partial charge in [-0.2, -0.15) is 14.5 Å². The first kappa shape index (κ1) is 18.4. The van der Waals surface area contributed by atoms with E-state index in [-0.39, 0.29) is 16.4 Å². The Morgan fingerprint density at radius 1 is 1.22 bits per heavy atom. The van der Waals surface area contributed by atoms with E-state index in [1.54, 1.807) is 24.6 Å². The van der Waals surface area contributed by atoms with Crippen LogP contribution in [0.3, 0.4) is 0 Å². The number of sulfonamides is 1. The van der Waals surface area contributed by atoms with E-state index >= 15 is 0 Å². The van der Waals surface area contributed by atoms with E-state index in [0.717, 1.165) is 43.4 Å². The van der Waals surface area contributed by atoms with Crippen molar-refractivity contribution in [2.24, 2.45) is 5.92 Å². The van der Waals surface area contributed by atoms with Crippen molar-refractivity contribution in [3.63, 3.8) is 0 Å². The number of aromatic amines is 1. The van der Waals surface area contributed by atoms with E-state index in [1.807, 2.05) is 0 Å². The molecule has 0 atom stereocenters. The highest BCUT2D eigenvalue weighted by Gasteiger charge is 2.33. The molecule has 27 heavy (non-hydrogen) atoms. The Hall–Kier alpha value is -2.00. The van der Waals surface area contributed by atoms with Crippen LogP contribution in [-0.2, 0) is 29.4 Å². The molecule has 1 saturated heterocycles. The lowest BCUT2D eigenvalue weighted by molar-refractivity contribution is 0.244. The summed E-state index contributed by atoms with van der Waals surface area (Å²) in [7, 11) is -3.54.